The lowest BCUT2D eigenvalue weighted by Crippen LogP contribution is -1.98. The Kier molecular flexibility index (Phi) is 3.05. The molecule has 1 aromatic carbocycles. The quantitative estimate of drug-likeness (QED) is 0.629. The minimum atomic E-state index is 0.418. The van der Waals surface area contributed by atoms with Crippen molar-refractivity contribution >= 4 is 11.2 Å². The van der Waals surface area contributed by atoms with Gasteiger partial charge in [-0.2, -0.15) is 4.98 Å². The number of ether oxygens (including phenoxy) is 1. The fourth-order valence-electron chi connectivity index (χ4n) is 1.83. The van der Waals surface area contributed by atoms with Crippen molar-refractivity contribution in [1.82, 2.24) is 19.5 Å². The van der Waals surface area contributed by atoms with E-state index in [9.17, 15) is 0 Å². The van der Waals surface area contributed by atoms with Gasteiger partial charge in [-0.15, -0.1) is 0 Å². The molecule has 0 aliphatic rings. The van der Waals surface area contributed by atoms with E-state index in [1.807, 2.05) is 41.9 Å². The summed E-state index contributed by atoms with van der Waals surface area (Å²) in [6.07, 6.45) is 1.68. The average Bonchev–Trinajstić information content (AvgIpc) is 2.87. The van der Waals surface area contributed by atoms with Crippen LogP contribution in [0, 0.1) is 11.8 Å². The highest BCUT2D eigenvalue weighted by molar-refractivity contribution is 5.76. The van der Waals surface area contributed by atoms with Crippen molar-refractivity contribution < 1.29 is 4.74 Å². The van der Waals surface area contributed by atoms with Gasteiger partial charge in [0.25, 0.3) is 0 Å². The van der Waals surface area contributed by atoms with Crippen molar-refractivity contribution in [2.45, 2.75) is 0 Å². The topological polar surface area (TPSA) is 52.8 Å². The van der Waals surface area contributed by atoms with Crippen LogP contribution in [0.3, 0.4) is 0 Å². The average molecular weight is 264 g/mol. The normalized spacial score (nSPS) is 10.1. The molecule has 0 bridgehead atoms. The summed E-state index contributed by atoms with van der Waals surface area (Å²) in [6, 6.07) is 9.71. The molecule has 0 saturated carbocycles. The van der Waals surface area contributed by atoms with Gasteiger partial charge in [0.2, 0.25) is 11.7 Å². The van der Waals surface area contributed by atoms with E-state index in [0.29, 0.717) is 22.9 Å². The summed E-state index contributed by atoms with van der Waals surface area (Å²) in [4.78, 5) is 12.9. The first-order valence-corrected chi connectivity index (χ1v) is 6.08. The molecule has 0 aliphatic heterocycles. The van der Waals surface area contributed by atoms with Crippen LogP contribution in [0.4, 0.5) is 0 Å². The van der Waals surface area contributed by atoms with Gasteiger partial charge < -0.3 is 9.30 Å². The highest BCUT2D eigenvalue weighted by Crippen LogP contribution is 2.19. The van der Waals surface area contributed by atoms with E-state index in [-0.39, 0.29) is 0 Å². The third-order valence-corrected chi connectivity index (χ3v) is 2.81. The smallest absolute Gasteiger partial charge is 0.246 e. The number of aryl methyl sites for hydroxylation is 1. The minimum Gasteiger partial charge on any atom is -0.479 e. The Bertz CT molecular complexity index is 812. The van der Waals surface area contributed by atoms with Crippen LogP contribution in [0.15, 0.2) is 36.7 Å². The maximum atomic E-state index is 5.24. The van der Waals surface area contributed by atoms with Gasteiger partial charge in [-0.3, -0.25) is 0 Å². The van der Waals surface area contributed by atoms with Crippen LogP contribution in [0.5, 0.6) is 5.88 Å². The van der Waals surface area contributed by atoms with Crippen molar-refractivity contribution in [3.8, 4) is 17.7 Å². The lowest BCUT2D eigenvalue weighted by Gasteiger charge is -2.00. The molecule has 3 aromatic rings. The molecule has 0 fully saturated rings. The van der Waals surface area contributed by atoms with E-state index in [0.717, 1.165) is 5.56 Å². The Morgan fingerprint density at radius 2 is 1.90 bits per heavy atom. The number of imidazole rings is 1. The third-order valence-electron chi connectivity index (χ3n) is 2.81. The molecule has 20 heavy (non-hydrogen) atoms. The fraction of sp³-hybridized carbons (Fsp3) is 0.133. The SMILES string of the molecule is COc1nc(C#Cc2ccccc2)nc2c1ncn2C. The molecule has 98 valence electrons. The summed E-state index contributed by atoms with van der Waals surface area (Å²) in [7, 11) is 3.43. The van der Waals surface area contributed by atoms with Gasteiger partial charge in [-0.1, -0.05) is 24.1 Å². The molecule has 2 aromatic heterocycles. The summed E-state index contributed by atoms with van der Waals surface area (Å²) in [5.41, 5.74) is 2.26. The maximum Gasteiger partial charge on any atom is 0.246 e. The Balaban J connectivity index is 2.09. The number of rotatable bonds is 1. The van der Waals surface area contributed by atoms with Gasteiger partial charge in [-0.05, 0) is 18.1 Å². The van der Waals surface area contributed by atoms with E-state index >= 15 is 0 Å². The lowest BCUT2D eigenvalue weighted by molar-refractivity contribution is 0.401. The first-order valence-electron chi connectivity index (χ1n) is 6.08. The van der Waals surface area contributed by atoms with Crippen LogP contribution < -0.4 is 4.74 Å². The van der Waals surface area contributed by atoms with Crippen molar-refractivity contribution in [2.24, 2.45) is 7.05 Å². The molecule has 0 spiro atoms. The molecule has 5 nitrogen and oxygen atoms in total. The summed E-state index contributed by atoms with van der Waals surface area (Å²) in [6.45, 7) is 0. The van der Waals surface area contributed by atoms with Crippen LogP contribution in [0.25, 0.3) is 11.2 Å². The van der Waals surface area contributed by atoms with Crippen LogP contribution in [-0.4, -0.2) is 26.6 Å². The Morgan fingerprint density at radius 3 is 2.65 bits per heavy atom. The van der Waals surface area contributed by atoms with Crippen LogP contribution in [-0.2, 0) is 7.05 Å². The minimum absolute atomic E-state index is 0.418. The van der Waals surface area contributed by atoms with Crippen LogP contribution in [0.1, 0.15) is 11.4 Å². The number of hydrogen-bond acceptors (Lipinski definition) is 4. The fourth-order valence-corrected chi connectivity index (χ4v) is 1.83. The first kappa shape index (κ1) is 12.2. The van der Waals surface area contributed by atoms with Crippen LogP contribution >= 0.6 is 0 Å². The zero-order valence-electron chi connectivity index (χ0n) is 11.2. The summed E-state index contributed by atoms with van der Waals surface area (Å²) in [5, 5.41) is 0. The van der Waals surface area contributed by atoms with E-state index in [1.165, 1.54) is 0 Å². The number of aromatic nitrogens is 4. The molecule has 0 saturated heterocycles. The third kappa shape index (κ3) is 2.19. The second-order valence-corrected chi connectivity index (χ2v) is 4.20. The molecule has 0 unspecified atom stereocenters. The molecular weight excluding hydrogens is 252 g/mol. The summed E-state index contributed by atoms with van der Waals surface area (Å²) < 4.78 is 7.05. The lowest BCUT2D eigenvalue weighted by atomic mass is 10.2. The zero-order valence-corrected chi connectivity index (χ0v) is 11.2. The second-order valence-electron chi connectivity index (χ2n) is 4.20. The summed E-state index contributed by atoms with van der Waals surface area (Å²) >= 11 is 0. The van der Waals surface area contributed by atoms with Crippen molar-refractivity contribution in [1.29, 1.82) is 0 Å². The first-order chi connectivity index (χ1) is 9.78. The number of nitrogens with zero attached hydrogens (tertiary/aromatic N) is 4. The highest BCUT2D eigenvalue weighted by Gasteiger charge is 2.11. The van der Waals surface area contributed by atoms with Gasteiger partial charge in [-0.25, -0.2) is 9.97 Å². The molecule has 5 heteroatoms. The van der Waals surface area contributed by atoms with Gasteiger partial charge in [0.1, 0.15) is 0 Å². The number of benzene rings is 1. The largest absolute Gasteiger partial charge is 0.479 e. The Hall–Kier alpha value is -2.87. The van der Waals surface area contributed by atoms with E-state index in [2.05, 4.69) is 26.8 Å². The maximum absolute atomic E-state index is 5.24. The van der Waals surface area contributed by atoms with E-state index in [4.69, 9.17) is 4.74 Å². The molecule has 0 atom stereocenters. The predicted molar refractivity (Wildman–Crippen MR) is 75.3 cm³/mol. The van der Waals surface area contributed by atoms with E-state index < -0.39 is 0 Å². The molecule has 0 amide bonds. The number of methoxy groups -OCH3 is 1. The van der Waals surface area contributed by atoms with Crippen molar-refractivity contribution in [3.63, 3.8) is 0 Å². The molecular formula is C15H12N4O. The number of fused-ring (bicyclic) bond motifs is 1. The van der Waals surface area contributed by atoms with Crippen LogP contribution in [0.2, 0.25) is 0 Å². The molecule has 0 N–H and O–H groups in total. The Morgan fingerprint density at radius 1 is 1.10 bits per heavy atom. The standard InChI is InChI=1S/C15H12N4O/c1-19-10-16-13-14(19)17-12(18-15(13)20-2)9-8-11-6-4-3-5-7-11/h3-7,10H,1-2H3. The van der Waals surface area contributed by atoms with Crippen molar-refractivity contribution in [2.75, 3.05) is 7.11 Å². The summed E-state index contributed by atoms with van der Waals surface area (Å²) in [5.74, 6) is 6.84. The molecule has 0 aliphatic carbocycles. The van der Waals surface area contributed by atoms with Crippen molar-refractivity contribution in [3.05, 3.63) is 48.0 Å². The van der Waals surface area contributed by atoms with Gasteiger partial charge in [0.15, 0.2) is 11.2 Å². The molecule has 0 radical (unpaired) electrons. The zero-order chi connectivity index (χ0) is 13.9. The van der Waals surface area contributed by atoms with Gasteiger partial charge in [0.05, 0.1) is 13.4 Å². The van der Waals surface area contributed by atoms with Gasteiger partial charge in [0, 0.05) is 12.6 Å². The molecule has 3 rings (SSSR count). The van der Waals surface area contributed by atoms with E-state index in [1.54, 1.807) is 13.4 Å². The number of hydrogen-bond donors (Lipinski definition) is 0. The molecule has 2 heterocycles. The monoisotopic (exact) mass is 264 g/mol. The Labute approximate surface area is 116 Å². The highest BCUT2D eigenvalue weighted by atomic mass is 16.5. The predicted octanol–water partition coefficient (Wildman–Crippen LogP) is 1.77. The van der Waals surface area contributed by atoms with Gasteiger partial charge >= 0.3 is 0 Å². The second kappa shape index (κ2) is 5.02.